The Morgan fingerprint density at radius 2 is 2.17 bits per heavy atom. The van der Waals surface area contributed by atoms with Crippen molar-refractivity contribution in [3.63, 3.8) is 0 Å². The van der Waals surface area contributed by atoms with E-state index in [1.807, 2.05) is 6.92 Å². The molecule has 98 valence electrons. The van der Waals surface area contributed by atoms with Crippen LogP contribution in [0.15, 0.2) is 30.5 Å². The summed E-state index contributed by atoms with van der Waals surface area (Å²) in [7, 11) is 0. The van der Waals surface area contributed by atoms with Crippen molar-refractivity contribution in [2.75, 3.05) is 19.8 Å². The fourth-order valence-corrected chi connectivity index (χ4v) is 2.23. The minimum atomic E-state index is 0.705. The molecule has 18 heavy (non-hydrogen) atoms. The highest BCUT2D eigenvalue weighted by atomic mass is 16.5. The summed E-state index contributed by atoms with van der Waals surface area (Å²) in [5.41, 5.74) is 8.23. The molecule has 0 bridgehead atoms. The summed E-state index contributed by atoms with van der Waals surface area (Å²) in [6, 6.07) is 8.77. The van der Waals surface area contributed by atoms with Gasteiger partial charge in [-0.3, -0.25) is 0 Å². The summed E-state index contributed by atoms with van der Waals surface area (Å²) in [5, 5.41) is 1.30. The van der Waals surface area contributed by atoms with E-state index in [1.165, 1.54) is 16.5 Å². The third-order valence-electron chi connectivity index (χ3n) is 3.16. The molecular formula is C15H22N2O. The molecule has 0 saturated heterocycles. The normalized spacial score (nSPS) is 11.2. The van der Waals surface area contributed by atoms with E-state index in [-0.39, 0.29) is 0 Å². The maximum absolute atomic E-state index is 5.61. The number of benzene rings is 1. The van der Waals surface area contributed by atoms with Crippen LogP contribution < -0.4 is 5.73 Å². The zero-order chi connectivity index (χ0) is 12.8. The third kappa shape index (κ3) is 3.12. The molecule has 3 nitrogen and oxygen atoms in total. The van der Waals surface area contributed by atoms with Crippen LogP contribution >= 0.6 is 0 Å². The van der Waals surface area contributed by atoms with Crippen LogP contribution in [-0.2, 0) is 17.7 Å². The maximum atomic E-state index is 5.61. The molecule has 0 aliphatic heterocycles. The second kappa shape index (κ2) is 6.57. The first-order chi connectivity index (χ1) is 8.85. The van der Waals surface area contributed by atoms with Crippen molar-refractivity contribution in [2.45, 2.75) is 26.3 Å². The average Bonchev–Trinajstić information content (AvgIpc) is 2.78. The van der Waals surface area contributed by atoms with Gasteiger partial charge in [0.15, 0.2) is 0 Å². The number of rotatable bonds is 7. The standard InChI is InChI=1S/C15H22N2O/c1-2-18-11-3-9-17-10-7-14-5-4-13(6-8-16)12-15(14)17/h4-5,7,10,12H,2-3,6,8-9,11,16H2,1H3. The molecular weight excluding hydrogens is 224 g/mol. The van der Waals surface area contributed by atoms with Gasteiger partial charge in [0.05, 0.1) is 0 Å². The van der Waals surface area contributed by atoms with Crippen molar-refractivity contribution in [3.8, 4) is 0 Å². The van der Waals surface area contributed by atoms with Crippen LogP contribution in [0, 0.1) is 0 Å². The minimum Gasteiger partial charge on any atom is -0.382 e. The van der Waals surface area contributed by atoms with E-state index in [9.17, 15) is 0 Å². The lowest BCUT2D eigenvalue weighted by Crippen LogP contribution is -2.04. The van der Waals surface area contributed by atoms with Crippen LogP contribution in [0.4, 0.5) is 0 Å². The van der Waals surface area contributed by atoms with Crippen LogP contribution in [0.5, 0.6) is 0 Å². The number of aromatic nitrogens is 1. The van der Waals surface area contributed by atoms with E-state index in [2.05, 4.69) is 35.0 Å². The first kappa shape index (κ1) is 13.1. The van der Waals surface area contributed by atoms with Crippen LogP contribution in [0.25, 0.3) is 10.9 Å². The number of nitrogens with two attached hydrogens (primary N) is 1. The van der Waals surface area contributed by atoms with E-state index in [4.69, 9.17) is 10.5 Å². The van der Waals surface area contributed by atoms with Gasteiger partial charge in [-0.2, -0.15) is 0 Å². The SMILES string of the molecule is CCOCCCn1ccc2ccc(CCN)cc21. The molecule has 1 heterocycles. The van der Waals surface area contributed by atoms with E-state index >= 15 is 0 Å². The van der Waals surface area contributed by atoms with Crippen LogP contribution in [0.2, 0.25) is 0 Å². The molecule has 0 saturated carbocycles. The van der Waals surface area contributed by atoms with Crippen molar-refractivity contribution in [3.05, 3.63) is 36.0 Å². The van der Waals surface area contributed by atoms with Crippen molar-refractivity contribution in [1.29, 1.82) is 0 Å². The Morgan fingerprint density at radius 1 is 1.28 bits per heavy atom. The predicted molar refractivity (Wildman–Crippen MR) is 75.8 cm³/mol. The van der Waals surface area contributed by atoms with Gasteiger partial charge >= 0.3 is 0 Å². The topological polar surface area (TPSA) is 40.2 Å². The third-order valence-corrected chi connectivity index (χ3v) is 3.16. The molecule has 0 atom stereocenters. The molecule has 0 radical (unpaired) electrons. The molecule has 0 amide bonds. The number of aryl methyl sites for hydroxylation is 1. The lowest BCUT2D eigenvalue weighted by Gasteiger charge is -2.07. The van der Waals surface area contributed by atoms with E-state index < -0.39 is 0 Å². The fourth-order valence-electron chi connectivity index (χ4n) is 2.23. The molecule has 2 N–H and O–H groups in total. The van der Waals surface area contributed by atoms with Crippen molar-refractivity contribution < 1.29 is 4.74 Å². The van der Waals surface area contributed by atoms with Crippen LogP contribution in [0.1, 0.15) is 18.9 Å². The summed E-state index contributed by atoms with van der Waals surface area (Å²) >= 11 is 0. The van der Waals surface area contributed by atoms with E-state index in [1.54, 1.807) is 0 Å². The summed E-state index contributed by atoms with van der Waals surface area (Å²) < 4.78 is 7.68. The zero-order valence-corrected chi connectivity index (χ0v) is 11.1. The molecule has 0 fully saturated rings. The Hall–Kier alpha value is -1.32. The lowest BCUT2D eigenvalue weighted by atomic mass is 10.1. The molecule has 2 rings (SSSR count). The van der Waals surface area contributed by atoms with Gasteiger partial charge in [-0.15, -0.1) is 0 Å². The van der Waals surface area contributed by atoms with Crippen LogP contribution in [-0.4, -0.2) is 24.3 Å². The summed E-state index contributed by atoms with van der Waals surface area (Å²) in [5.74, 6) is 0. The molecule has 0 aliphatic rings. The van der Waals surface area contributed by atoms with E-state index in [0.29, 0.717) is 6.54 Å². The predicted octanol–water partition coefficient (Wildman–Crippen LogP) is 2.57. The largest absolute Gasteiger partial charge is 0.382 e. The molecule has 2 aromatic rings. The van der Waals surface area contributed by atoms with Gasteiger partial charge in [-0.25, -0.2) is 0 Å². The van der Waals surface area contributed by atoms with Gasteiger partial charge in [-0.1, -0.05) is 12.1 Å². The Bertz CT molecular complexity index is 490. The smallest absolute Gasteiger partial charge is 0.0483 e. The van der Waals surface area contributed by atoms with Gasteiger partial charge in [0.1, 0.15) is 0 Å². The first-order valence-corrected chi connectivity index (χ1v) is 6.70. The molecule has 0 unspecified atom stereocenters. The van der Waals surface area contributed by atoms with Gasteiger partial charge in [0, 0.05) is 31.5 Å². The van der Waals surface area contributed by atoms with Gasteiger partial charge in [-0.05, 0) is 49.4 Å². The Morgan fingerprint density at radius 3 is 2.94 bits per heavy atom. The molecule has 1 aromatic heterocycles. The first-order valence-electron chi connectivity index (χ1n) is 6.70. The number of hydrogen-bond donors (Lipinski definition) is 1. The highest BCUT2D eigenvalue weighted by molar-refractivity contribution is 5.80. The average molecular weight is 246 g/mol. The van der Waals surface area contributed by atoms with Gasteiger partial charge in [0.25, 0.3) is 0 Å². The summed E-state index contributed by atoms with van der Waals surface area (Å²) in [6.07, 6.45) is 4.15. The second-order valence-electron chi connectivity index (χ2n) is 4.49. The van der Waals surface area contributed by atoms with Crippen molar-refractivity contribution >= 4 is 10.9 Å². The summed E-state index contributed by atoms with van der Waals surface area (Å²) in [6.45, 7) is 5.38. The molecule has 3 heteroatoms. The van der Waals surface area contributed by atoms with E-state index in [0.717, 1.165) is 32.6 Å². The Labute approximate surface area is 109 Å². The Balaban J connectivity index is 2.09. The van der Waals surface area contributed by atoms with Gasteiger partial charge < -0.3 is 15.0 Å². The Kier molecular flexibility index (Phi) is 4.79. The highest BCUT2D eigenvalue weighted by Gasteiger charge is 2.02. The molecule has 0 aliphatic carbocycles. The monoisotopic (exact) mass is 246 g/mol. The number of fused-ring (bicyclic) bond motifs is 1. The van der Waals surface area contributed by atoms with Gasteiger partial charge in [0.2, 0.25) is 0 Å². The zero-order valence-electron chi connectivity index (χ0n) is 11.1. The van der Waals surface area contributed by atoms with Crippen molar-refractivity contribution in [2.24, 2.45) is 5.73 Å². The second-order valence-corrected chi connectivity index (χ2v) is 4.49. The van der Waals surface area contributed by atoms with Crippen molar-refractivity contribution in [1.82, 2.24) is 4.57 Å². The van der Waals surface area contributed by atoms with Crippen LogP contribution in [0.3, 0.4) is 0 Å². The number of nitrogens with zero attached hydrogens (tertiary/aromatic N) is 1. The fraction of sp³-hybridized carbons (Fsp3) is 0.467. The maximum Gasteiger partial charge on any atom is 0.0483 e. The number of ether oxygens (including phenoxy) is 1. The summed E-state index contributed by atoms with van der Waals surface area (Å²) in [4.78, 5) is 0. The quantitative estimate of drug-likeness (QED) is 0.763. The molecule has 0 spiro atoms. The lowest BCUT2D eigenvalue weighted by molar-refractivity contribution is 0.142. The molecule has 1 aromatic carbocycles. The highest BCUT2D eigenvalue weighted by Crippen LogP contribution is 2.18. The number of hydrogen-bond acceptors (Lipinski definition) is 2. The minimum absolute atomic E-state index is 0.705.